The van der Waals surface area contributed by atoms with Crippen LogP contribution in [-0.2, 0) is 0 Å². The van der Waals surface area contributed by atoms with Crippen molar-refractivity contribution < 1.29 is 10.2 Å². The van der Waals surface area contributed by atoms with Crippen LogP contribution in [0.1, 0.15) is 0 Å². The molecule has 0 fully saturated rings. The quantitative estimate of drug-likeness (QED) is 0.337. The summed E-state index contributed by atoms with van der Waals surface area (Å²) in [5, 5.41) is 16.5. The summed E-state index contributed by atoms with van der Waals surface area (Å²) in [6.07, 6.45) is 0. The van der Waals surface area contributed by atoms with Crippen LogP contribution in [0.15, 0.2) is 0 Å². The molecule has 0 aromatic carbocycles. The summed E-state index contributed by atoms with van der Waals surface area (Å²) in [5.41, 5.74) is 0. The first-order valence-electron chi connectivity index (χ1n) is 0.816. The van der Waals surface area contributed by atoms with E-state index in [4.69, 9.17) is 10.2 Å². The molecule has 0 aromatic rings. The molecule has 0 rings (SSSR count). The van der Waals surface area contributed by atoms with Gasteiger partial charge in [0.2, 0.25) is 0 Å². The maximum atomic E-state index is 8.25. The first-order valence-corrected chi connectivity index (χ1v) is 0.816. The van der Waals surface area contributed by atoms with Gasteiger partial charge in [0.05, 0.1) is 0 Å². The molecule has 0 aliphatic carbocycles. The number of hydrogen-bond acceptors (Lipinski definition) is 2. The topological polar surface area (TPSA) is 46.1 Å². The minimum absolute atomic E-state index is 0. The van der Waals surface area contributed by atoms with E-state index >= 15 is 0 Å². The average molecular weight is 142 g/mol. The van der Waals surface area contributed by atoms with Crippen molar-refractivity contribution in [1.82, 2.24) is 0 Å². The van der Waals surface area contributed by atoms with E-state index in [-0.39, 0.29) is 89.1 Å². The van der Waals surface area contributed by atoms with Gasteiger partial charge in [-0.2, -0.15) is 14.2 Å². The summed E-state index contributed by atoms with van der Waals surface area (Å²) >= 11 is 0. The summed E-state index contributed by atoms with van der Waals surface area (Å²) in [5.74, 6) is 0. The van der Waals surface area contributed by atoms with Crippen molar-refractivity contribution in [3.05, 3.63) is 0 Å². The summed E-state index contributed by atoms with van der Waals surface area (Å²) in [6, 6.07) is 0. The van der Waals surface area contributed by atoms with Crippen LogP contribution in [-0.4, -0.2) is 103 Å². The molecule has 0 N–H and O–H groups in total. The molecule has 2 nitrogen and oxygen atoms in total. The van der Waals surface area contributed by atoms with Gasteiger partial charge in [-0.1, -0.05) is 0 Å². The first kappa shape index (κ1) is 23.2. The summed E-state index contributed by atoms with van der Waals surface area (Å²) in [6.45, 7) is 0. The Kier molecular flexibility index (Phi) is 177. The molecule has 0 aliphatic rings. The molecular weight excluding hydrogens is 135 g/mol. The van der Waals surface area contributed by atoms with Crippen LogP contribution in [0.4, 0.5) is 0 Å². The van der Waals surface area contributed by atoms with Crippen molar-refractivity contribution in [2.75, 3.05) is 14.2 Å². The van der Waals surface area contributed by atoms with E-state index in [0.29, 0.717) is 0 Å². The fourth-order valence-electron chi connectivity index (χ4n) is 0. The second kappa shape index (κ2) is 45.8. The maximum absolute atomic E-state index is 8.25. The molecule has 0 radical (unpaired) electrons. The van der Waals surface area contributed by atoms with Gasteiger partial charge < -0.3 is 10.2 Å². The Bertz CT molecular complexity index is 11.5. The van der Waals surface area contributed by atoms with Gasteiger partial charge in [-0.3, -0.25) is 0 Å². The van der Waals surface area contributed by atoms with E-state index in [2.05, 4.69) is 0 Å². The monoisotopic (exact) mass is 142 g/mol. The van der Waals surface area contributed by atoms with Gasteiger partial charge in [-0.25, -0.2) is 0 Å². The fraction of sp³-hybridized carbons (Fsp3) is 1.00. The summed E-state index contributed by atoms with van der Waals surface area (Å²) < 4.78 is 0. The van der Waals surface area contributed by atoms with E-state index in [1.807, 2.05) is 0 Å². The Morgan fingerprint density at radius 2 is 0.833 bits per heavy atom. The predicted octanol–water partition coefficient (Wildman–Crippen LogP) is -3.08. The Hall–Kier alpha value is 2.82. The predicted molar refractivity (Wildman–Crippen MR) is 24.8 cm³/mol. The number of hydrogen-bond donors (Lipinski definition) is 0. The van der Waals surface area contributed by atoms with Crippen molar-refractivity contribution in [3.63, 3.8) is 0 Å². The molecule has 0 heterocycles. The molecule has 0 saturated carbocycles. The van der Waals surface area contributed by atoms with Crippen LogP contribution in [0.5, 0.6) is 0 Å². The zero-order chi connectivity index (χ0) is 4.00. The molecule has 4 heteroatoms. The van der Waals surface area contributed by atoms with Crippen LogP contribution in [0.3, 0.4) is 0 Å². The van der Waals surface area contributed by atoms with Gasteiger partial charge in [0.1, 0.15) is 0 Å². The Balaban J connectivity index is -0.00000000500. The van der Waals surface area contributed by atoms with Gasteiger partial charge in [0, 0.05) is 0 Å². The van der Waals surface area contributed by atoms with Gasteiger partial charge >= 0.3 is 89.1 Å². The third-order valence-electron chi connectivity index (χ3n) is 0. The third-order valence-corrected chi connectivity index (χ3v) is 0. The molecule has 0 bridgehead atoms. The van der Waals surface area contributed by atoms with Gasteiger partial charge in [0.25, 0.3) is 0 Å². The van der Waals surface area contributed by atoms with E-state index in [1.165, 1.54) is 0 Å². The molecule has 0 unspecified atom stereocenters. The van der Waals surface area contributed by atoms with Gasteiger partial charge in [-0.15, -0.1) is 0 Å². The third kappa shape index (κ3) is 29.1. The van der Waals surface area contributed by atoms with Crippen molar-refractivity contribution >= 4 is 89.1 Å². The van der Waals surface area contributed by atoms with Gasteiger partial charge in [-0.05, 0) is 0 Å². The molecule has 0 atom stereocenters. The molecular formula is C2H7CaKO2. The SMILES string of the molecule is C[O-].C[O-].[Ca+2].[KH]. The van der Waals surface area contributed by atoms with E-state index < -0.39 is 0 Å². The van der Waals surface area contributed by atoms with Crippen molar-refractivity contribution in [2.45, 2.75) is 0 Å². The molecule has 6 heavy (non-hydrogen) atoms. The van der Waals surface area contributed by atoms with Crippen LogP contribution < -0.4 is 10.2 Å². The van der Waals surface area contributed by atoms with E-state index in [0.717, 1.165) is 14.2 Å². The van der Waals surface area contributed by atoms with Crippen LogP contribution >= 0.6 is 0 Å². The molecule has 0 saturated heterocycles. The molecule has 0 aliphatic heterocycles. The van der Waals surface area contributed by atoms with Crippen LogP contribution in [0, 0.1) is 0 Å². The second-order valence-corrected chi connectivity index (χ2v) is 0. The normalized spacial score (nSPS) is 2.00. The van der Waals surface area contributed by atoms with Gasteiger partial charge in [0.15, 0.2) is 0 Å². The molecule has 0 aromatic heterocycles. The Labute approximate surface area is 111 Å². The van der Waals surface area contributed by atoms with Crippen LogP contribution in [0.25, 0.3) is 0 Å². The first-order chi connectivity index (χ1) is 2.00. The standard InChI is InChI=1S/2CH3O.Ca.K.H/c2*1-2;;;/h2*1H3;;;/q2*-1;+2;;. The van der Waals surface area contributed by atoms with Crippen molar-refractivity contribution in [1.29, 1.82) is 0 Å². The fourth-order valence-corrected chi connectivity index (χ4v) is 0. The zero-order valence-electron chi connectivity index (χ0n) is 3.52. The minimum atomic E-state index is 0. The second-order valence-electron chi connectivity index (χ2n) is 0. The van der Waals surface area contributed by atoms with Crippen molar-refractivity contribution in [2.24, 2.45) is 0 Å². The molecule has 30 valence electrons. The molecule has 0 spiro atoms. The Morgan fingerprint density at radius 1 is 0.833 bits per heavy atom. The Morgan fingerprint density at radius 3 is 0.833 bits per heavy atom. The van der Waals surface area contributed by atoms with E-state index in [1.54, 1.807) is 0 Å². The average Bonchev–Trinajstić information content (AvgIpc) is 1.50. The molecule has 0 amide bonds. The zero-order valence-corrected chi connectivity index (χ0v) is 5.73. The van der Waals surface area contributed by atoms with Crippen LogP contribution in [0.2, 0.25) is 0 Å². The van der Waals surface area contributed by atoms with Crippen molar-refractivity contribution in [3.8, 4) is 0 Å². The summed E-state index contributed by atoms with van der Waals surface area (Å²) in [4.78, 5) is 0. The van der Waals surface area contributed by atoms with E-state index in [9.17, 15) is 0 Å². The summed E-state index contributed by atoms with van der Waals surface area (Å²) in [7, 11) is 1.50. The number of rotatable bonds is 0.